The molecule has 0 aliphatic rings. The van der Waals surface area contributed by atoms with Crippen molar-refractivity contribution in [2.45, 2.75) is 13.3 Å². The van der Waals surface area contributed by atoms with Gasteiger partial charge in [-0.05, 0) is 25.1 Å². The summed E-state index contributed by atoms with van der Waals surface area (Å²) in [7, 11) is 0. The maximum Gasteiger partial charge on any atom is 0.258 e. The number of hydroxylamine groups is 1. The Kier molecular flexibility index (Phi) is 3.82. The maximum atomic E-state index is 11.3. The lowest BCUT2D eigenvalue weighted by Gasteiger charge is -2.14. The van der Waals surface area contributed by atoms with E-state index in [0.717, 1.165) is 0 Å². The van der Waals surface area contributed by atoms with E-state index < -0.39 is 5.91 Å². The number of rotatable bonds is 3. The number of hydrogen-bond acceptors (Lipinski definition) is 3. The van der Waals surface area contributed by atoms with Crippen molar-refractivity contribution < 1.29 is 14.8 Å². The summed E-state index contributed by atoms with van der Waals surface area (Å²) in [5, 5.41) is 10.3. The van der Waals surface area contributed by atoms with Crippen molar-refractivity contribution in [3.05, 3.63) is 29.3 Å². The van der Waals surface area contributed by atoms with Crippen LogP contribution in [0.4, 0.5) is 5.69 Å². The van der Waals surface area contributed by atoms with E-state index in [1.807, 2.05) is 0 Å². The quantitative estimate of drug-likeness (QED) is 0.488. The third-order valence-electron chi connectivity index (χ3n) is 1.69. The van der Waals surface area contributed by atoms with E-state index in [2.05, 4.69) is 0 Å². The Morgan fingerprint density at radius 2 is 2.13 bits per heavy atom. The number of nitrogens with zero attached hydrogens (tertiary/aromatic N) is 1. The first-order valence-corrected chi connectivity index (χ1v) is 4.65. The number of halogens is 1. The van der Waals surface area contributed by atoms with Gasteiger partial charge in [-0.3, -0.25) is 14.8 Å². The summed E-state index contributed by atoms with van der Waals surface area (Å²) in [6, 6.07) is 6.17. The lowest BCUT2D eigenvalue weighted by atomic mass is 10.2. The number of benzene rings is 1. The topological polar surface area (TPSA) is 57.6 Å². The van der Waals surface area contributed by atoms with Crippen LogP contribution in [-0.4, -0.2) is 16.9 Å². The zero-order chi connectivity index (χ0) is 11.4. The molecule has 0 aromatic heterocycles. The Bertz CT molecular complexity index is 392. The second-order valence-corrected chi connectivity index (χ2v) is 3.50. The van der Waals surface area contributed by atoms with Crippen LogP contribution >= 0.6 is 11.6 Å². The molecule has 0 saturated heterocycles. The minimum absolute atomic E-state index is 0.244. The van der Waals surface area contributed by atoms with E-state index in [4.69, 9.17) is 11.6 Å². The van der Waals surface area contributed by atoms with Crippen LogP contribution in [0.15, 0.2) is 24.3 Å². The minimum Gasteiger partial charge on any atom is -0.299 e. The molecule has 15 heavy (non-hydrogen) atoms. The maximum absolute atomic E-state index is 11.3. The fourth-order valence-electron chi connectivity index (χ4n) is 1.04. The van der Waals surface area contributed by atoms with Crippen molar-refractivity contribution in [3.63, 3.8) is 0 Å². The number of carbonyl (C=O) groups is 2. The molecule has 0 atom stereocenters. The van der Waals surface area contributed by atoms with Crippen LogP contribution in [0.2, 0.25) is 5.02 Å². The Hall–Kier alpha value is -1.39. The van der Waals surface area contributed by atoms with E-state index in [0.29, 0.717) is 10.1 Å². The van der Waals surface area contributed by atoms with Gasteiger partial charge in [0.1, 0.15) is 5.78 Å². The highest BCUT2D eigenvalue weighted by Crippen LogP contribution is 2.18. The van der Waals surface area contributed by atoms with Crippen molar-refractivity contribution in [2.75, 3.05) is 5.06 Å². The van der Waals surface area contributed by atoms with Crippen LogP contribution in [0.5, 0.6) is 0 Å². The molecule has 0 radical (unpaired) electrons. The number of amides is 1. The van der Waals surface area contributed by atoms with E-state index in [9.17, 15) is 14.8 Å². The van der Waals surface area contributed by atoms with Crippen LogP contribution in [0.25, 0.3) is 0 Å². The monoisotopic (exact) mass is 227 g/mol. The highest BCUT2D eigenvalue weighted by molar-refractivity contribution is 6.30. The average molecular weight is 228 g/mol. The van der Waals surface area contributed by atoms with Crippen molar-refractivity contribution in [1.29, 1.82) is 0 Å². The second kappa shape index (κ2) is 4.91. The molecular formula is C10H10ClNO3. The summed E-state index contributed by atoms with van der Waals surface area (Å²) in [5.74, 6) is -0.981. The Labute approximate surface area is 92.0 Å². The molecule has 80 valence electrons. The summed E-state index contributed by atoms with van der Waals surface area (Å²) in [5.41, 5.74) is 0.244. The zero-order valence-corrected chi connectivity index (χ0v) is 8.86. The van der Waals surface area contributed by atoms with E-state index >= 15 is 0 Å². The van der Waals surface area contributed by atoms with E-state index in [1.165, 1.54) is 19.1 Å². The highest BCUT2D eigenvalue weighted by atomic mass is 35.5. The molecule has 1 amide bonds. The first kappa shape index (κ1) is 11.7. The molecule has 1 aromatic rings. The molecule has 0 aliphatic carbocycles. The van der Waals surface area contributed by atoms with Crippen molar-refractivity contribution in [2.24, 2.45) is 0 Å². The Balaban J connectivity index is 2.80. The second-order valence-electron chi connectivity index (χ2n) is 3.06. The first-order valence-electron chi connectivity index (χ1n) is 4.27. The van der Waals surface area contributed by atoms with Crippen molar-refractivity contribution in [1.82, 2.24) is 0 Å². The molecule has 5 heteroatoms. The average Bonchev–Trinajstić information content (AvgIpc) is 2.15. The molecule has 1 aromatic carbocycles. The van der Waals surface area contributed by atoms with Crippen molar-refractivity contribution >= 4 is 29.0 Å². The lowest BCUT2D eigenvalue weighted by Crippen LogP contribution is -2.28. The zero-order valence-electron chi connectivity index (χ0n) is 8.11. The van der Waals surface area contributed by atoms with Gasteiger partial charge < -0.3 is 0 Å². The third kappa shape index (κ3) is 3.34. The molecule has 1 rings (SSSR count). The van der Waals surface area contributed by atoms with E-state index in [-0.39, 0.29) is 17.9 Å². The van der Waals surface area contributed by atoms with Gasteiger partial charge in [0.05, 0.1) is 12.1 Å². The normalized spacial score (nSPS) is 9.80. The van der Waals surface area contributed by atoms with Gasteiger partial charge in [-0.25, -0.2) is 0 Å². The van der Waals surface area contributed by atoms with Crippen LogP contribution < -0.4 is 5.06 Å². The minimum atomic E-state index is -0.676. The molecule has 0 bridgehead atoms. The standard InChI is InChI=1S/C10H10ClNO3/c1-7(13)5-10(14)12(15)9-4-2-3-8(11)6-9/h2-4,6,15H,5H2,1H3. The smallest absolute Gasteiger partial charge is 0.258 e. The highest BCUT2D eigenvalue weighted by Gasteiger charge is 2.14. The summed E-state index contributed by atoms with van der Waals surface area (Å²) >= 11 is 5.68. The molecule has 0 unspecified atom stereocenters. The molecule has 0 saturated carbocycles. The molecule has 0 fully saturated rings. The summed E-state index contributed by atoms with van der Waals surface area (Å²) in [6.45, 7) is 1.28. The van der Waals surface area contributed by atoms with Gasteiger partial charge in [0.25, 0.3) is 5.91 Å². The fraction of sp³-hybridized carbons (Fsp3) is 0.200. The SMILES string of the molecule is CC(=O)CC(=O)N(O)c1cccc(Cl)c1. The Morgan fingerprint density at radius 3 is 2.67 bits per heavy atom. The largest absolute Gasteiger partial charge is 0.299 e. The van der Waals surface area contributed by atoms with Crippen LogP contribution in [-0.2, 0) is 9.59 Å². The van der Waals surface area contributed by atoms with Crippen LogP contribution in [0.3, 0.4) is 0 Å². The molecule has 4 nitrogen and oxygen atoms in total. The fourth-order valence-corrected chi connectivity index (χ4v) is 1.22. The summed E-state index contributed by atoms with van der Waals surface area (Å²) in [4.78, 5) is 21.9. The van der Waals surface area contributed by atoms with Gasteiger partial charge >= 0.3 is 0 Å². The van der Waals surface area contributed by atoms with Gasteiger partial charge in [0, 0.05) is 5.02 Å². The number of anilines is 1. The van der Waals surface area contributed by atoms with Crippen LogP contribution in [0, 0.1) is 0 Å². The lowest BCUT2D eigenvalue weighted by molar-refractivity contribution is -0.128. The van der Waals surface area contributed by atoms with E-state index in [1.54, 1.807) is 12.1 Å². The Morgan fingerprint density at radius 1 is 1.47 bits per heavy atom. The van der Waals surface area contributed by atoms with Gasteiger partial charge in [-0.1, -0.05) is 17.7 Å². The number of Topliss-reactive ketones (excluding diaryl/α,β-unsaturated/α-hetero) is 1. The molecule has 0 aliphatic heterocycles. The van der Waals surface area contributed by atoms with Gasteiger partial charge in [-0.2, -0.15) is 5.06 Å². The molecule has 1 N–H and O–H groups in total. The van der Waals surface area contributed by atoms with Crippen molar-refractivity contribution in [3.8, 4) is 0 Å². The van der Waals surface area contributed by atoms with Gasteiger partial charge in [0.15, 0.2) is 0 Å². The number of carbonyl (C=O) groups excluding carboxylic acids is 2. The molecule has 0 heterocycles. The predicted octanol–water partition coefficient (Wildman–Crippen LogP) is 2.04. The number of hydrogen-bond donors (Lipinski definition) is 1. The first-order chi connectivity index (χ1) is 7.00. The van der Waals surface area contributed by atoms with Crippen LogP contribution in [0.1, 0.15) is 13.3 Å². The third-order valence-corrected chi connectivity index (χ3v) is 1.92. The molecule has 0 spiro atoms. The summed E-state index contributed by atoms with van der Waals surface area (Å²) < 4.78 is 0. The van der Waals surface area contributed by atoms with Gasteiger partial charge in [-0.15, -0.1) is 0 Å². The molecular weight excluding hydrogens is 218 g/mol. The van der Waals surface area contributed by atoms with Gasteiger partial charge in [0.2, 0.25) is 0 Å². The predicted molar refractivity (Wildman–Crippen MR) is 56.0 cm³/mol. The summed E-state index contributed by atoms with van der Waals surface area (Å²) in [6.07, 6.45) is -0.330. The number of ketones is 1.